The van der Waals surface area contributed by atoms with Gasteiger partial charge < -0.3 is 20.5 Å². The van der Waals surface area contributed by atoms with E-state index in [1.807, 2.05) is 18.2 Å². The molecule has 0 spiro atoms. The van der Waals surface area contributed by atoms with Crippen LogP contribution in [0.2, 0.25) is 0 Å². The number of nitrogens with zero attached hydrogens (tertiary/aromatic N) is 1. The number of nitrogens with two attached hydrogens (primary N) is 1. The fourth-order valence-electron chi connectivity index (χ4n) is 2.88. The minimum Gasteiger partial charge on any atom is -0.495 e. The van der Waals surface area contributed by atoms with Gasteiger partial charge in [0.1, 0.15) is 11.9 Å². The molecule has 1 unspecified atom stereocenters. The van der Waals surface area contributed by atoms with E-state index in [0.717, 1.165) is 13.1 Å². The predicted octanol–water partition coefficient (Wildman–Crippen LogP) is 2.96. The van der Waals surface area contributed by atoms with E-state index in [1.54, 1.807) is 25.3 Å². The van der Waals surface area contributed by atoms with Crippen molar-refractivity contribution in [3.8, 4) is 5.75 Å². The summed E-state index contributed by atoms with van der Waals surface area (Å²) in [6.45, 7) is 2.72. The van der Waals surface area contributed by atoms with Gasteiger partial charge in [-0.15, -0.1) is 24.8 Å². The van der Waals surface area contributed by atoms with Crippen LogP contribution < -0.4 is 15.8 Å². The number of amides is 1. The molecule has 1 fully saturated rings. The molecule has 2 aromatic rings. The third kappa shape index (κ3) is 6.29. The fourth-order valence-corrected chi connectivity index (χ4v) is 2.88. The number of hydrogen-bond donors (Lipinski definition) is 2. The first kappa shape index (κ1) is 23.0. The van der Waals surface area contributed by atoms with Crippen molar-refractivity contribution in [3.63, 3.8) is 0 Å². The summed E-state index contributed by atoms with van der Waals surface area (Å²) in [6.07, 6.45) is -0.499. The fraction of sp³-hybridized carbons (Fsp3) is 0.316. The number of morpholine rings is 1. The summed E-state index contributed by atoms with van der Waals surface area (Å²) >= 11 is 0. The third-order valence-corrected chi connectivity index (χ3v) is 4.19. The van der Waals surface area contributed by atoms with Gasteiger partial charge in [0.25, 0.3) is 5.91 Å². The van der Waals surface area contributed by atoms with Crippen LogP contribution in [0.15, 0.2) is 48.5 Å². The number of halogens is 2. The summed E-state index contributed by atoms with van der Waals surface area (Å²) in [5, 5.41) is 2.86. The Morgan fingerprint density at radius 1 is 1.26 bits per heavy atom. The molecular formula is C19H25Cl2N3O3. The highest BCUT2D eigenvalue weighted by molar-refractivity contribution is 5.95. The highest BCUT2D eigenvalue weighted by Gasteiger charge is 2.26. The molecule has 6 nitrogen and oxygen atoms in total. The molecule has 0 saturated carbocycles. The molecule has 1 aliphatic rings. The smallest absolute Gasteiger partial charge is 0.254 e. The van der Waals surface area contributed by atoms with Crippen LogP contribution in [0.5, 0.6) is 5.75 Å². The van der Waals surface area contributed by atoms with Crippen molar-refractivity contribution < 1.29 is 14.3 Å². The molecule has 8 heteroatoms. The Morgan fingerprint density at radius 3 is 2.67 bits per heavy atom. The van der Waals surface area contributed by atoms with E-state index in [9.17, 15) is 4.79 Å². The Bertz CT molecular complexity index is 731. The number of hydrogen-bond acceptors (Lipinski definition) is 5. The summed E-state index contributed by atoms with van der Waals surface area (Å²) in [6, 6.07) is 15.4. The largest absolute Gasteiger partial charge is 0.495 e. The van der Waals surface area contributed by atoms with E-state index in [0.29, 0.717) is 30.3 Å². The first-order chi connectivity index (χ1) is 12.2. The monoisotopic (exact) mass is 413 g/mol. The molecule has 0 aromatic heterocycles. The highest BCUT2D eigenvalue weighted by Crippen LogP contribution is 2.25. The van der Waals surface area contributed by atoms with Gasteiger partial charge in [-0.3, -0.25) is 9.69 Å². The highest BCUT2D eigenvalue weighted by atomic mass is 35.5. The van der Waals surface area contributed by atoms with E-state index in [4.69, 9.17) is 15.2 Å². The van der Waals surface area contributed by atoms with Crippen LogP contribution in [0, 0.1) is 0 Å². The predicted molar refractivity (Wildman–Crippen MR) is 112 cm³/mol. The lowest BCUT2D eigenvalue weighted by Gasteiger charge is -2.32. The summed E-state index contributed by atoms with van der Waals surface area (Å²) in [5.41, 5.74) is 8.22. The van der Waals surface area contributed by atoms with E-state index in [2.05, 4.69) is 22.3 Å². The van der Waals surface area contributed by atoms with Gasteiger partial charge in [-0.2, -0.15) is 0 Å². The van der Waals surface area contributed by atoms with Crippen molar-refractivity contribution in [3.05, 3.63) is 54.1 Å². The maximum atomic E-state index is 12.5. The molecule has 27 heavy (non-hydrogen) atoms. The molecule has 1 amide bonds. The van der Waals surface area contributed by atoms with Gasteiger partial charge in [-0.05, 0) is 23.8 Å². The normalized spacial score (nSPS) is 16.6. The molecular weight excluding hydrogens is 389 g/mol. The van der Waals surface area contributed by atoms with E-state index >= 15 is 0 Å². The van der Waals surface area contributed by atoms with Crippen molar-refractivity contribution in [2.75, 3.05) is 37.9 Å². The zero-order valence-corrected chi connectivity index (χ0v) is 16.7. The van der Waals surface area contributed by atoms with Gasteiger partial charge in [0, 0.05) is 25.3 Å². The molecule has 1 aliphatic heterocycles. The topological polar surface area (TPSA) is 76.8 Å². The molecule has 1 heterocycles. The summed E-state index contributed by atoms with van der Waals surface area (Å²) < 4.78 is 10.8. The Kier molecular flexibility index (Phi) is 9.38. The van der Waals surface area contributed by atoms with Crippen molar-refractivity contribution in [1.82, 2.24) is 4.90 Å². The number of benzene rings is 2. The van der Waals surface area contributed by atoms with Crippen LogP contribution in [0.3, 0.4) is 0 Å². The van der Waals surface area contributed by atoms with Gasteiger partial charge in [-0.1, -0.05) is 30.3 Å². The molecule has 0 radical (unpaired) electrons. The molecule has 3 N–H and O–H groups in total. The lowest BCUT2D eigenvalue weighted by molar-refractivity contribution is -0.133. The van der Waals surface area contributed by atoms with Gasteiger partial charge >= 0.3 is 0 Å². The van der Waals surface area contributed by atoms with Gasteiger partial charge in [-0.25, -0.2) is 0 Å². The van der Waals surface area contributed by atoms with Crippen molar-refractivity contribution in [2.45, 2.75) is 12.6 Å². The Morgan fingerprint density at radius 2 is 2.00 bits per heavy atom. The maximum Gasteiger partial charge on any atom is 0.254 e. The summed E-state index contributed by atoms with van der Waals surface area (Å²) in [5.74, 6) is 0.420. The molecule has 0 bridgehead atoms. The number of nitrogens with one attached hydrogen (secondary N) is 1. The van der Waals surface area contributed by atoms with Crippen molar-refractivity contribution >= 4 is 42.1 Å². The summed E-state index contributed by atoms with van der Waals surface area (Å²) in [7, 11) is 1.56. The van der Waals surface area contributed by atoms with Crippen molar-refractivity contribution in [2.24, 2.45) is 0 Å². The van der Waals surface area contributed by atoms with E-state index < -0.39 is 6.10 Å². The molecule has 3 rings (SSSR count). The molecule has 1 atom stereocenters. The number of carbonyl (C=O) groups excluding carboxylic acids is 1. The lowest BCUT2D eigenvalue weighted by atomic mass is 10.2. The van der Waals surface area contributed by atoms with E-state index in [-0.39, 0.29) is 30.7 Å². The minimum absolute atomic E-state index is 0. The SMILES string of the molecule is COc1ccc(NC(=O)C2CN(Cc3ccccc3)CCO2)cc1N.Cl.Cl. The van der Waals surface area contributed by atoms with Crippen LogP contribution in [-0.4, -0.2) is 43.7 Å². The average molecular weight is 414 g/mol. The number of rotatable bonds is 5. The first-order valence-electron chi connectivity index (χ1n) is 8.28. The maximum absolute atomic E-state index is 12.5. The second kappa shape index (κ2) is 11.0. The second-order valence-corrected chi connectivity index (χ2v) is 6.03. The van der Waals surface area contributed by atoms with Crippen LogP contribution in [0.25, 0.3) is 0 Å². The van der Waals surface area contributed by atoms with Crippen LogP contribution >= 0.6 is 24.8 Å². The van der Waals surface area contributed by atoms with Gasteiger partial charge in [0.15, 0.2) is 0 Å². The van der Waals surface area contributed by atoms with Crippen LogP contribution in [0.4, 0.5) is 11.4 Å². The minimum atomic E-state index is -0.499. The number of carbonyl (C=O) groups is 1. The van der Waals surface area contributed by atoms with Crippen molar-refractivity contribution in [1.29, 1.82) is 0 Å². The standard InChI is InChI=1S/C19H23N3O3.2ClH/c1-24-17-8-7-15(11-16(17)20)21-19(23)18-13-22(9-10-25-18)12-14-5-3-2-4-6-14;;/h2-8,11,18H,9-10,12-13,20H2,1H3,(H,21,23);2*1H. The van der Waals surface area contributed by atoms with Crippen LogP contribution in [-0.2, 0) is 16.1 Å². The number of methoxy groups -OCH3 is 1. The van der Waals surface area contributed by atoms with E-state index in [1.165, 1.54) is 5.56 Å². The molecule has 1 saturated heterocycles. The second-order valence-electron chi connectivity index (χ2n) is 6.03. The number of nitrogen functional groups attached to an aromatic ring is 1. The molecule has 0 aliphatic carbocycles. The Balaban J connectivity index is 0.00000182. The molecule has 2 aromatic carbocycles. The Hall–Kier alpha value is -1.99. The van der Waals surface area contributed by atoms with Gasteiger partial charge in [0.2, 0.25) is 0 Å². The number of anilines is 2. The zero-order chi connectivity index (χ0) is 17.6. The van der Waals surface area contributed by atoms with Crippen LogP contribution in [0.1, 0.15) is 5.56 Å². The zero-order valence-electron chi connectivity index (χ0n) is 15.1. The average Bonchev–Trinajstić information content (AvgIpc) is 2.63. The summed E-state index contributed by atoms with van der Waals surface area (Å²) in [4.78, 5) is 14.7. The lowest BCUT2D eigenvalue weighted by Crippen LogP contribution is -2.47. The number of ether oxygens (including phenoxy) is 2. The third-order valence-electron chi connectivity index (χ3n) is 4.19. The first-order valence-corrected chi connectivity index (χ1v) is 8.28. The molecule has 148 valence electrons. The quantitative estimate of drug-likeness (QED) is 0.736. The van der Waals surface area contributed by atoms with Gasteiger partial charge in [0.05, 0.1) is 19.4 Å². The Labute approximate surface area is 171 Å².